The summed E-state index contributed by atoms with van der Waals surface area (Å²) in [6.45, 7) is 3.36. The van der Waals surface area contributed by atoms with Gasteiger partial charge in [0.1, 0.15) is 16.9 Å². The Kier molecular flexibility index (Phi) is 5.15. The molecular formula is C20H25N5O3. The molecule has 0 unspecified atom stereocenters. The number of imidazole rings is 1. The quantitative estimate of drug-likeness (QED) is 0.724. The summed E-state index contributed by atoms with van der Waals surface area (Å²) in [5.41, 5.74) is 8.46. The maximum Gasteiger partial charge on any atom is 0.238 e. The van der Waals surface area contributed by atoms with E-state index in [2.05, 4.69) is 4.98 Å². The number of hydrogen-bond acceptors (Lipinski definition) is 6. The van der Waals surface area contributed by atoms with Gasteiger partial charge in [-0.3, -0.25) is 4.79 Å². The van der Waals surface area contributed by atoms with Crippen molar-refractivity contribution in [3.63, 3.8) is 0 Å². The fraction of sp³-hybridized carbons (Fsp3) is 0.450. The molecule has 0 bridgehead atoms. The first-order valence-electron chi connectivity index (χ1n) is 9.54. The number of nitrogens with zero attached hydrogens (tertiary/aromatic N) is 4. The van der Waals surface area contributed by atoms with E-state index in [0.717, 1.165) is 35.1 Å². The standard InChI is InChI=1S/C20H25N5O3/c1-13(26)24(14-7-11-28-12-8-14)25-17(9-10-27-2)23-18-19(25)15-5-3-4-6-16(15)22-20(18)21/h3-6,14H,7-12H2,1-2H3,(H2,21,22). The van der Waals surface area contributed by atoms with Crippen LogP contribution in [0.4, 0.5) is 5.82 Å². The van der Waals surface area contributed by atoms with E-state index < -0.39 is 0 Å². The van der Waals surface area contributed by atoms with E-state index in [1.165, 1.54) is 0 Å². The molecule has 1 aliphatic rings. The molecule has 2 N–H and O–H groups in total. The molecule has 1 aromatic carbocycles. The van der Waals surface area contributed by atoms with Crippen molar-refractivity contribution < 1.29 is 14.3 Å². The normalized spacial score (nSPS) is 15.4. The number of pyridine rings is 1. The zero-order valence-electron chi connectivity index (χ0n) is 16.2. The lowest BCUT2D eigenvalue weighted by Crippen LogP contribution is -2.50. The average Bonchev–Trinajstić information content (AvgIpc) is 3.07. The second-order valence-corrected chi connectivity index (χ2v) is 7.00. The van der Waals surface area contributed by atoms with Gasteiger partial charge in [0.05, 0.1) is 18.2 Å². The van der Waals surface area contributed by atoms with Crippen molar-refractivity contribution in [2.75, 3.05) is 37.7 Å². The number of hydrogen-bond donors (Lipinski definition) is 1. The summed E-state index contributed by atoms with van der Waals surface area (Å²) in [4.78, 5) is 22.1. The van der Waals surface area contributed by atoms with E-state index in [1.807, 2.05) is 34.0 Å². The van der Waals surface area contributed by atoms with Gasteiger partial charge in [0.15, 0.2) is 5.82 Å². The average molecular weight is 383 g/mol. The van der Waals surface area contributed by atoms with Crippen LogP contribution < -0.4 is 10.7 Å². The number of aromatic nitrogens is 3. The fourth-order valence-corrected chi connectivity index (χ4v) is 3.91. The van der Waals surface area contributed by atoms with Gasteiger partial charge in [-0.15, -0.1) is 0 Å². The molecule has 148 valence electrons. The number of nitrogens with two attached hydrogens (primary N) is 1. The first kappa shape index (κ1) is 18.6. The Morgan fingerprint density at radius 2 is 2.07 bits per heavy atom. The van der Waals surface area contributed by atoms with Gasteiger partial charge in [-0.2, -0.15) is 0 Å². The summed E-state index contributed by atoms with van der Waals surface area (Å²) in [7, 11) is 1.65. The molecule has 0 aliphatic carbocycles. The van der Waals surface area contributed by atoms with Crippen LogP contribution in [-0.4, -0.2) is 53.5 Å². The Labute approximate surface area is 163 Å². The Morgan fingerprint density at radius 1 is 1.32 bits per heavy atom. The molecule has 4 rings (SSSR count). The maximum atomic E-state index is 12.8. The molecule has 1 fully saturated rings. The summed E-state index contributed by atoms with van der Waals surface area (Å²) >= 11 is 0. The Morgan fingerprint density at radius 3 is 2.79 bits per heavy atom. The van der Waals surface area contributed by atoms with Crippen LogP contribution >= 0.6 is 0 Å². The van der Waals surface area contributed by atoms with E-state index in [1.54, 1.807) is 14.0 Å². The van der Waals surface area contributed by atoms with E-state index >= 15 is 0 Å². The van der Waals surface area contributed by atoms with Crippen LogP contribution in [-0.2, 0) is 20.7 Å². The van der Waals surface area contributed by atoms with Crippen molar-refractivity contribution in [3.05, 3.63) is 30.1 Å². The molecule has 1 amide bonds. The van der Waals surface area contributed by atoms with Crippen LogP contribution in [0.3, 0.4) is 0 Å². The van der Waals surface area contributed by atoms with Gasteiger partial charge < -0.3 is 15.2 Å². The molecule has 0 radical (unpaired) electrons. The third-order valence-electron chi connectivity index (χ3n) is 5.17. The highest BCUT2D eigenvalue weighted by molar-refractivity contribution is 6.07. The summed E-state index contributed by atoms with van der Waals surface area (Å²) in [6, 6.07) is 7.83. The number of anilines is 1. The van der Waals surface area contributed by atoms with Crippen molar-refractivity contribution in [3.8, 4) is 0 Å². The molecule has 1 aliphatic heterocycles. The van der Waals surface area contributed by atoms with Crippen LogP contribution in [0, 0.1) is 0 Å². The molecule has 3 heterocycles. The Balaban J connectivity index is 2.01. The van der Waals surface area contributed by atoms with Crippen LogP contribution in [0.2, 0.25) is 0 Å². The van der Waals surface area contributed by atoms with Gasteiger partial charge >= 0.3 is 0 Å². The van der Waals surface area contributed by atoms with E-state index in [0.29, 0.717) is 37.6 Å². The van der Waals surface area contributed by atoms with Gasteiger partial charge in [-0.1, -0.05) is 18.2 Å². The molecule has 8 heteroatoms. The molecule has 3 aromatic rings. The lowest BCUT2D eigenvalue weighted by molar-refractivity contribution is -0.119. The summed E-state index contributed by atoms with van der Waals surface area (Å²) in [5.74, 6) is 1.06. The number of ether oxygens (including phenoxy) is 2. The highest BCUT2D eigenvalue weighted by Gasteiger charge is 2.30. The van der Waals surface area contributed by atoms with Gasteiger partial charge in [0.2, 0.25) is 5.91 Å². The monoisotopic (exact) mass is 383 g/mol. The largest absolute Gasteiger partial charge is 0.384 e. The number of methoxy groups -OCH3 is 1. The molecule has 2 aromatic heterocycles. The predicted molar refractivity (Wildman–Crippen MR) is 108 cm³/mol. The van der Waals surface area contributed by atoms with Crippen molar-refractivity contribution in [2.24, 2.45) is 0 Å². The van der Waals surface area contributed by atoms with E-state index in [-0.39, 0.29) is 11.9 Å². The predicted octanol–water partition coefficient (Wildman–Crippen LogP) is 2.02. The van der Waals surface area contributed by atoms with Crippen LogP contribution in [0.5, 0.6) is 0 Å². The molecule has 0 atom stereocenters. The van der Waals surface area contributed by atoms with Crippen LogP contribution in [0.25, 0.3) is 21.9 Å². The first-order chi connectivity index (χ1) is 13.6. The summed E-state index contributed by atoms with van der Waals surface area (Å²) in [6.07, 6.45) is 2.12. The number of carbonyl (C=O) groups is 1. The van der Waals surface area contributed by atoms with Crippen LogP contribution in [0.15, 0.2) is 24.3 Å². The first-order valence-corrected chi connectivity index (χ1v) is 9.54. The minimum Gasteiger partial charge on any atom is -0.384 e. The summed E-state index contributed by atoms with van der Waals surface area (Å²) in [5, 5.41) is 2.73. The van der Waals surface area contributed by atoms with Crippen molar-refractivity contribution in [2.45, 2.75) is 32.2 Å². The lowest BCUT2D eigenvalue weighted by Gasteiger charge is -2.35. The molecular weight excluding hydrogens is 358 g/mol. The number of nitrogen functional groups attached to an aromatic ring is 1. The number of benzene rings is 1. The molecule has 28 heavy (non-hydrogen) atoms. The van der Waals surface area contributed by atoms with Crippen molar-refractivity contribution >= 4 is 33.7 Å². The molecule has 0 saturated carbocycles. The number of para-hydroxylation sites is 1. The minimum atomic E-state index is -0.0377. The molecule has 1 saturated heterocycles. The smallest absolute Gasteiger partial charge is 0.238 e. The third-order valence-corrected chi connectivity index (χ3v) is 5.17. The van der Waals surface area contributed by atoms with E-state index in [4.69, 9.17) is 20.2 Å². The minimum absolute atomic E-state index is 0.0377. The van der Waals surface area contributed by atoms with E-state index in [9.17, 15) is 4.79 Å². The second-order valence-electron chi connectivity index (χ2n) is 7.00. The zero-order valence-corrected chi connectivity index (χ0v) is 16.2. The second kappa shape index (κ2) is 7.73. The van der Waals surface area contributed by atoms with Gasteiger partial charge in [0.25, 0.3) is 0 Å². The number of fused-ring (bicyclic) bond motifs is 3. The zero-order chi connectivity index (χ0) is 19.7. The molecule has 0 spiro atoms. The topological polar surface area (TPSA) is 95.5 Å². The number of amides is 1. The van der Waals surface area contributed by atoms with Gasteiger partial charge in [0, 0.05) is 39.1 Å². The van der Waals surface area contributed by atoms with Gasteiger partial charge in [-0.25, -0.2) is 19.7 Å². The van der Waals surface area contributed by atoms with Crippen molar-refractivity contribution in [1.82, 2.24) is 14.6 Å². The highest BCUT2D eigenvalue weighted by atomic mass is 16.5. The Bertz CT molecular complexity index is 1010. The number of carbonyl (C=O) groups excluding carboxylic acids is 1. The lowest BCUT2D eigenvalue weighted by atomic mass is 10.1. The summed E-state index contributed by atoms with van der Waals surface area (Å²) < 4.78 is 12.7. The van der Waals surface area contributed by atoms with Gasteiger partial charge in [-0.05, 0) is 18.9 Å². The SMILES string of the molecule is COCCc1nc2c(N)nc3ccccc3c2n1N(C(C)=O)C1CCOCC1. The highest BCUT2D eigenvalue weighted by Crippen LogP contribution is 2.30. The fourth-order valence-electron chi connectivity index (χ4n) is 3.91. The van der Waals surface area contributed by atoms with Crippen molar-refractivity contribution in [1.29, 1.82) is 0 Å². The molecule has 8 nitrogen and oxygen atoms in total. The Hall–Kier alpha value is -2.71. The maximum absolute atomic E-state index is 12.8. The third kappa shape index (κ3) is 3.18. The number of rotatable bonds is 5. The van der Waals surface area contributed by atoms with Crippen LogP contribution in [0.1, 0.15) is 25.6 Å².